The van der Waals surface area contributed by atoms with Crippen LogP contribution in [0.5, 0.6) is 0 Å². The largest absolute Gasteiger partial charge is 0.398 e. The molecule has 14 heavy (non-hydrogen) atoms. The fourth-order valence-corrected chi connectivity index (χ4v) is 1.53. The van der Waals surface area contributed by atoms with Gasteiger partial charge in [0.15, 0.2) is 0 Å². The van der Waals surface area contributed by atoms with Crippen LogP contribution < -0.4 is 11.1 Å². The Balaban J connectivity index is 2.32. The number of nitrogens with one attached hydrogen (secondary N) is 1. The fraction of sp³-hybridized carbons (Fsp3) is 0.300. The molecule has 1 aliphatic heterocycles. The maximum atomic E-state index is 5.83. The van der Waals surface area contributed by atoms with Crippen molar-refractivity contribution in [3.63, 3.8) is 0 Å². The summed E-state index contributed by atoms with van der Waals surface area (Å²) < 4.78 is 0. The highest BCUT2D eigenvalue weighted by atomic mass is 35.5. The van der Waals surface area contributed by atoms with Crippen LogP contribution in [0.2, 0.25) is 5.02 Å². The number of benzene rings is 1. The molecule has 1 aromatic carbocycles. The minimum atomic E-state index is 0.588. The lowest BCUT2D eigenvalue weighted by atomic mass is 10.1. The Labute approximate surface area is 88.0 Å². The monoisotopic (exact) mass is 209 g/mol. The van der Waals surface area contributed by atoms with Gasteiger partial charge in [0.1, 0.15) is 5.84 Å². The van der Waals surface area contributed by atoms with Crippen LogP contribution in [0.4, 0.5) is 5.69 Å². The first-order valence-corrected chi connectivity index (χ1v) is 4.99. The molecule has 2 rings (SSSR count). The Bertz CT molecular complexity index is 374. The molecular formula is C10H12ClN3. The molecule has 1 aromatic rings. The molecule has 0 radical (unpaired) electrons. The molecule has 3 nitrogen and oxygen atoms in total. The molecule has 0 atom stereocenters. The Morgan fingerprint density at radius 3 is 2.93 bits per heavy atom. The second-order valence-electron chi connectivity index (χ2n) is 3.25. The van der Waals surface area contributed by atoms with Crippen LogP contribution in [0.15, 0.2) is 23.2 Å². The molecule has 0 amide bonds. The number of rotatable bonds is 1. The number of anilines is 1. The summed E-state index contributed by atoms with van der Waals surface area (Å²) in [5, 5.41) is 3.82. The number of nitrogens with zero attached hydrogens (tertiary/aromatic N) is 1. The van der Waals surface area contributed by atoms with E-state index in [9.17, 15) is 0 Å². The molecule has 0 bridgehead atoms. The van der Waals surface area contributed by atoms with Crippen LogP contribution in [0.25, 0.3) is 0 Å². The summed E-state index contributed by atoms with van der Waals surface area (Å²) in [7, 11) is 0. The van der Waals surface area contributed by atoms with Gasteiger partial charge in [-0.2, -0.15) is 0 Å². The van der Waals surface area contributed by atoms with Crippen molar-refractivity contribution < 1.29 is 0 Å². The van der Waals surface area contributed by atoms with Crippen molar-refractivity contribution in [2.45, 2.75) is 6.42 Å². The molecular weight excluding hydrogens is 198 g/mol. The van der Waals surface area contributed by atoms with Gasteiger partial charge in [-0.05, 0) is 24.6 Å². The minimum absolute atomic E-state index is 0.588. The predicted octanol–water partition coefficient (Wildman–Crippen LogP) is 1.66. The van der Waals surface area contributed by atoms with Gasteiger partial charge in [-0.15, -0.1) is 0 Å². The maximum Gasteiger partial charge on any atom is 0.128 e. The van der Waals surface area contributed by atoms with E-state index in [1.165, 1.54) is 0 Å². The topological polar surface area (TPSA) is 50.4 Å². The van der Waals surface area contributed by atoms with E-state index in [1.807, 2.05) is 12.1 Å². The number of amidine groups is 1. The maximum absolute atomic E-state index is 5.83. The zero-order valence-corrected chi connectivity index (χ0v) is 8.51. The number of hydrogen-bond acceptors (Lipinski definition) is 3. The quantitative estimate of drug-likeness (QED) is 0.692. The van der Waals surface area contributed by atoms with Crippen LogP contribution >= 0.6 is 11.6 Å². The predicted molar refractivity (Wildman–Crippen MR) is 59.9 cm³/mol. The molecule has 74 valence electrons. The highest BCUT2D eigenvalue weighted by Gasteiger charge is 2.07. The minimum Gasteiger partial charge on any atom is -0.398 e. The Morgan fingerprint density at radius 2 is 2.29 bits per heavy atom. The second-order valence-corrected chi connectivity index (χ2v) is 3.65. The van der Waals surface area contributed by atoms with Gasteiger partial charge in [0.2, 0.25) is 0 Å². The van der Waals surface area contributed by atoms with E-state index in [-0.39, 0.29) is 0 Å². The van der Waals surface area contributed by atoms with Crippen molar-refractivity contribution in [3.05, 3.63) is 28.8 Å². The van der Waals surface area contributed by atoms with Crippen molar-refractivity contribution in [3.8, 4) is 0 Å². The van der Waals surface area contributed by atoms with Gasteiger partial charge >= 0.3 is 0 Å². The first-order valence-electron chi connectivity index (χ1n) is 4.61. The molecule has 0 aromatic heterocycles. The Kier molecular flexibility index (Phi) is 2.59. The first-order chi connectivity index (χ1) is 6.77. The van der Waals surface area contributed by atoms with E-state index in [1.54, 1.807) is 6.07 Å². The van der Waals surface area contributed by atoms with Gasteiger partial charge in [0.25, 0.3) is 0 Å². The van der Waals surface area contributed by atoms with E-state index in [0.29, 0.717) is 10.7 Å². The smallest absolute Gasteiger partial charge is 0.128 e. The molecule has 0 fully saturated rings. The normalized spacial score (nSPS) is 15.9. The lowest BCUT2D eigenvalue weighted by molar-refractivity contribution is 0.742. The number of nitrogen functional groups attached to an aromatic ring is 1. The third-order valence-electron chi connectivity index (χ3n) is 2.17. The molecule has 0 saturated carbocycles. The number of hydrogen-bond donors (Lipinski definition) is 2. The summed E-state index contributed by atoms with van der Waals surface area (Å²) in [6.07, 6.45) is 1.09. The van der Waals surface area contributed by atoms with E-state index in [4.69, 9.17) is 17.3 Å². The number of nitrogens with two attached hydrogens (primary N) is 1. The Hall–Kier alpha value is -1.22. The van der Waals surface area contributed by atoms with Crippen LogP contribution in [-0.4, -0.2) is 18.9 Å². The second kappa shape index (κ2) is 3.88. The van der Waals surface area contributed by atoms with Gasteiger partial charge in [-0.1, -0.05) is 11.6 Å². The number of halogens is 1. The molecule has 3 N–H and O–H groups in total. The van der Waals surface area contributed by atoms with Gasteiger partial charge in [0.05, 0.1) is 10.7 Å². The summed E-state index contributed by atoms with van der Waals surface area (Å²) in [6.45, 7) is 1.85. The van der Waals surface area contributed by atoms with E-state index < -0.39 is 0 Å². The third-order valence-corrected chi connectivity index (χ3v) is 2.51. The molecule has 1 heterocycles. The average Bonchev–Trinajstić information content (AvgIpc) is 2.23. The fourth-order valence-electron chi connectivity index (χ4n) is 1.42. The summed E-state index contributed by atoms with van der Waals surface area (Å²) in [5.41, 5.74) is 7.32. The van der Waals surface area contributed by atoms with Gasteiger partial charge in [-0.25, -0.2) is 0 Å². The van der Waals surface area contributed by atoms with E-state index in [2.05, 4.69) is 10.3 Å². The van der Waals surface area contributed by atoms with Crippen LogP contribution in [0, 0.1) is 0 Å². The van der Waals surface area contributed by atoms with Crippen molar-refractivity contribution in [2.75, 3.05) is 18.8 Å². The zero-order valence-electron chi connectivity index (χ0n) is 7.76. The van der Waals surface area contributed by atoms with Gasteiger partial charge in [-0.3, -0.25) is 4.99 Å². The Morgan fingerprint density at radius 1 is 1.43 bits per heavy atom. The molecule has 1 aliphatic rings. The van der Waals surface area contributed by atoms with E-state index >= 15 is 0 Å². The molecule has 0 unspecified atom stereocenters. The first kappa shape index (κ1) is 9.34. The van der Waals surface area contributed by atoms with Gasteiger partial charge in [0, 0.05) is 18.7 Å². The lowest BCUT2D eigenvalue weighted by Gasteiger charge is -2.15. The van der Waals surface area contributed by atoms with Crippen LogP contribution in [-0.2, 0) is 0 Å². The van der Waals surface area contributed by atoms with Crippen molar-refractivity contribution in [1.29, 1.82) is 0 Å². The van der Waals surface area contributed by atoms with Crippen molar-refractivity contribution >= 4 is 23.1 Å². The molecule has 0 spiro atoms. The SMILES string of the molecule is Nc1cc(C2=NCCCN2)ccc1Cl. The summed E-state index contributed by atoms with van der Waals surface area (Å²) in [5.74, 6) is 0.916. The molecule has 0 aliphatic carbocycles. The average molecular weight is 210 g/mol. The third kappa shape index (κ3) is 1.82. The van der Waals surface area contributed by atoms with Crippen LogP contribution in [0.3, 0.4) is 0 Å². The summed E-state index contributed by atoms with van der Waals surface area (Å²) in [6, 6.07) is 5.57. The van der Waals surface area contributed by atoms with Gasteiger partial charge < -0.3 is 11.1 Å². The molecule has 4 heteroatoms. The lowest BCUT2D eigenvalue weighted by Crippen LogP contribution is -2.30. The van der Waals surface area contributed by atoms with Crippen molar-refractivity contribution in [1.82, 2.24) is 5.32 Å². The summed E-state index contributed by atoms with van der Waals surface area (Å²) >= 11 is 5.83. The zero-order chi connectivity index (χ0) is 9.97. The standard InChI is InChI=1S/C10H12ClN3/c11-8-3-2-7(6-9(8)12)10-13-4-1-5-14-10/h2-3,6H,1,4-5,12H2,(H,13,14). The van der Waals surface area contributed by atoms with E-state index in [0.717, 1.165) is 30.9 Å². The van der Waals surface area contributed by atoms with Crippen LogP contribution in [0.1, 0.15) is 12.0 Å². The highest BCUT2D eigenvalue weighted by Crippen LogP contribution is 2.19. The number of aliphatic imine (C=N–C) groups is 1. The molecule has 0 saturated heterocycles. The summed E-state index contributed by atoms with van der Waals surface area (Å²) in [4.78, 5) is 4.38. The van der Waals surface area contributed by atoms with Crippen molar-refractivity contribution in [2.24, 2.45) is 4.99 Å². The highest BCUT2D eigenvalue weighted by molar-refractivity contribution is 6.33.